The molecule has 0 spiro atoms. The van der Waals surface area contributed by atoms with Gasteiger partial charge in [-0.15, -0.1) is 0 Å². The van der Waals surface area contributed by atoms with Crippen molar-refractivity contribution in [2.75, 3.05) is 21.3 Å². The summed E-state index contributed by atoms with van der Waals surface area (Å²) in [5.41, 5.74) is 2.22. The summed E-state index contributed by atoms with van der Waals surface area (Å²) in [5.74, 6) is 1.03. The molecule has 1 aliphatic rings. The van der Waals surface area contributed by atoms with Gasteiger partial charge in [0.05, 0.1) is 21.3 Å². The molecule has 0 unspecified atom stereocenters. The number of pyridine rings is 1. The second-order valence-electron chi connectivity index (χ2n) is 6.06. The lowest BCUT2D eigenvalue weighted by molar-refractivity contribution is -0.143. The van der Waals surface area contributed by atoms with E-state index in [0.717, 1.165) is 16.7 Å². The molecule has 5 heteroatoms. The molecule has 0 bridgehead atoms. The maximum absolute atomic E-state index is 12.7. The van der Waals surface area contributed by atoms with E-state index in [4.69, 9.17) is 14.2 Å². The number of aryl methyl sites for hydroxylation is 1. The van der Waals surface area contributed by atoms with Gasteiger partial charge < -0.3 is 14.2 Å². The summed E-state index contributed by atoms with van der Waals surface area (Å²) in [4.78, 5) is 16.9. The van der Waals surface area contributed by atoms with E-state index in [2.05, 4.69) is 4.98 Å². The van der Waals surface area contributed by atoms with Crippen LogP contribution in [0, 0.1) is 6.92 Å². The fraction of sp³-hybridized carbons (Fsp3) is 0.368. The zero-order chi connectivity index (χ0) is 17.3. The number of carbonyl (C=O) groups is 1. The van der Waals surface area contributed by atoms with E-state index in [0.29, 0.717) is 18.1 Å². The highest BCUT2D eigenvalue weighted by Crippen LogP contribution is 2.63. The fourth-order valence-corrected chi connectivity index (χ4v) is 3.37. The highest BCUT2D eigenvalue weighted by Gasteiger charge is 2.64. The Morgan fingerprint density at radius 1 is 1.17 bits per heavy atom. The lowest BCUT2D eigenvalue weighted by Gasteiger charge is -2.19. The van der Waals surface area contributed by atoms with Gasteiger partial charge in [-0.25, -0.2) is 4.98 Å². The Labute approximate surface area is 141 Å². The predicted octanol–water partition coefficient (Wildman–Crippen LogP) is 3.01. The molecular weight excluding hydrogens is 306 g/mol. The van der Waals surface area contributed by atoms with Crippen LogP contribution >= 0.6 is 0 Å². The number of methoxy groups -OCH3 is 3. The van der Waals surface area contributed by atoms with E-state index in [1.54, 1.807) is 20.4 Å². The van der Waals surface area contributed by atoms with Crippen molar-refractivity contribution in [3.05, 3.63) is 53.2 Å². The molecule has 1 heterocycles. The maximum atomic E-state index is 12.7. The zero-order valence-electron chi connectivity index (χ0n) is 14.3. The van der Waals surface area contributed by atoms with E-state index in [1.807, 2.05) is 37.3 Å². The molecule has 0 saturated heterocycles. The molecule has 1 fully saturated rings. The minimum atomic E-state index is -0.720. The number of rotatable bonds is 5. The third-order valence-corrected chi connectivity index (χ3v) is 4.72. The van der Waals surface area contributed by atoms with E-state index < -0.39 is 5.41 Å². The first-order valence-corrected chi connectivity index (χ1v) is 7.80. The first kappa shape index (κ1) is 16.3. The smallest absolute Gasteiger partial charge is 0.317 e. The van der Waals surface area contributed by atoms with Crippen LogP contribution < -0.4 is 9.47 Å². The minimum absolute atomic E-state index is 0.0130. The highest BCUT2D eigenvalue weighted by atomic mass is 16.5. The molecule has 24 heavy (non-hydrogen) atoms. The number of benzene rings is 1. The van der Waals surface area contributed by atoms with Crippen LogP contribution in [0.4, 0.5) is 0 Å². The molecule has 2 atom stereocenters. The summed E-state index contributed by atoms with van der Waals surface area (Å²) < 4.78 is 15.7. The molecule has 0 amide bonds. The van der Waals surface area contributed by atoms with Crippen LogP contribution in [0.15, 0.2) is 36.5 Å². The average Bonchev–Trinajstić information content (AvgIpc) is 3.38. The monoisotopic (exact) mass is 327 g/mol. The largest absolute Gasteiger partial charge is 0.496 e. The summed E-state index contributed by atoms with van der Waals surface area (Å²) in [5, 5.41) is 0. The van der Waals surface area contributed by atoms with E-state index in [9.17, 15) is 4.79 Å². The van der Waals surface area contributed by atoms with Gasteiger partial charge in [-0.3, -0.25) is 4.79 Å². The Kier molecular flexibility index (Phi) is 4.18. The van der Waals surface area contributed by atoms with Gasteiger partial charge in [-0.2, -0.15) is 0 Å². The highest BCUT2D eigenvalue weighted by molar-refractivity contribution is 5.90. The van der Waals surface area contributed by atoms with Crippen molar-refractivity contribution >= 4 is 5.97 Å². The Morgan fingerprint density at radius 2 is 1.96 bits per heavy atom. The zero-order valence-corrected chi connectivity index (χ0v) is 14.3. The molecule has 1 aromatic carbocycles. The Balaban J connectivity index is 2.05. The van der Waals surface area contributed by atoms with Gasteiger partial charge in [-0.1, -0.05) is 23.8 Å². The van der Waals surface area contributed by atoms with Gasteiger partial charge in [0.1, 0.15) is 11.2 Å². The van der Waals surface area contributed by atoms with Crippen molar-refractivity contribution in [2.24, 2.45) is 0 Å². The number of hydrogen-bond donors (Lipinski definition) is 0. The molecule has 0 aliphatic heterocycles. The summed E-state index contributed by atoms with van der Waals surface area (Å²) in [7, 11) is 4.62. The summed E-state index contributed by atoms with van der Waals surface area (Å²) in [6, 6.07) is 9.63. The van der Waals surface area contributed by atoms with Gasteiger partial charge in [0, 0.05) is 23.7 Å². The SMILES string of the molecule is COC(=O)[C@]1(c2cc(C)ccc2OC)C[C@H]1c1ccc(OC)nc1. The van der Waals surface area contributed by atoms with Crippen molar-refractivity contribution in [2.45, 2.75) is 24.7 Å². The molecule has 1 aromatic heterocycles. The molecule has 3 rings (SSSR count). The van der Waals surface area contributed by atoms with Crippen LogP contribution in [0.1, 0.15) is 29.0 Å². The quantitative estimate of drug-likeness (QED) is 0.790. The number of nitrogens with zero attached hydrogens (tertiary/aromatic N) is 1. The van der Waals surface area contributed by atoms with Crippen LogP contribution in [-0.4, -0.2) is 32.3 Å². The molecule has 5 nitrogen and oxygen atoms in total. The van der Waals surface area contributed by atoms with Crippen molar-refractivity contribution in [1.29, 1.82) is 0 Å². The van der Waals surface area contributed by atoms with E-state index in [1.165, 1.54) is 7.11 Å². The summed E-state index contributed by atoms with van der Waals surface area (Å²) in [6.07, 6.45) is 2.43. The van der Waals surface area contributed by atoms with Gasteiger partial charge in [0.25, 0.3) is 0 Å². The van der Waals surface area contributed by atoms with Crippen LogP contribution in [0.2, 0.25) is 0 Å². The molecular formula is C19H21NO4. The lowest BCUT2D eigenvalue weighted by Crippen LogP contribution is -2.25. The number of esters is 1. The molecule has 1 saturated carbocycles. The van der Waals surface area contributed by atoms with Crippen LogP contribution in [-0.2, 0) is 14.9 Å². The Hall–Kier alpha value is -2.56. The molecule has 0 N–H and O–H groups in total. The predicted molar refractivity (Wildman–Crippen MR) is 89.6 cm³/mol. The third kappa shape index (κ3) is 2.50. The maximum Gasteiger partial charge on any atom is 0.317 e. The van der Waals surface area contributed by atoms with E-state index >= 15 is 0 Å². The molecule has 1 aliphatic carbocycles. The first-order chi connectivity index (χ1) is 11.6. The Bertz CT molecular complexity index is 756. The van der Waals surface area contributed by atoms with Crippen molar-refractivity contribution in [3.8, 4) is 11.6 Å². The molecule has 2 aromatic rings. The average molecular weight is 327 g/mol. The second-order valence-corrected chi connectivity index (χ2v) is 6.06. The number of carbonyl (C=O) groups excluding carboxylic acids is 1. The standard InChI is InChI=1S/C19H21NO4/c1-12-5-7-16(22-2)14(9-12)19(18(21)24-4)10-15(19)13-6-8-17(23-3)20-11-13/h5-9,11,15H,10H2,1-4H3/t15-,19-/m0/s1. The van der Waals surface area contributed by atoms with Gasteiger partial charge >= 0.3 is 5.97 Å². The number of aromatic nitrogens is 1. The molecule has 0 radical (unpaired) electrons. The van der Waals surface area contributed by atoms with Crippen molar-refractivity contribution in [3.63, 3.8) is 0 Å². The van der Waals surface area contributed by atoms with Crippen LogP contribution in [0.25, 0.3) is 0 Å². The topological polar surface area (TPSA) is 57.7 Å². The first-order valence-electron chi connectivity index (χ1n) is 7.80. The lowest BCUT2D eigenvalue weighted by atomic mass is 9.89. The van der Waals surface area contributed by atoms with Gasteiger partial charge in [0.15, 0.2) is 0 Å². The second kappa shape index (κ2) is 6.15. The van der Waals surface area contributed by atoms with Crippen LogP contribution in [0.5, 0.6) is 11.6 Å². The van der Waals surface area contributed by atoms with Gasteiger partial charge in [0.2, 0.25) is 5.88 Å². The van der Waals surface area contributed by atoms with E-state index in [-0.39, 0.29) is 11.9 Å². The van der Waals surface area contributed by atoms with Crippen molar-refractivity contribution < 1.29 is 19.0 Å². The third-order valence-electron chi connectivity index (χ3n) is 4.72. The normalized spacial score (nSPS) is 21.9. The Morgan fingerprint density at radius 3 is 2.54 bits per heavy atom. The minimum Gasteiger partial charge on any atom is -0.496 e. The van der Waals surface area contributed by atoms with Gasteiger partial charge in [-0.05, 0) is 25.0 Å². The van der Waals surface area contributed by atoms with Crippen LogP contribution in [0.3, 0.4) is 0 Å². The summed E-state index contributed by atoms with van der Waals surface area (Å²) >= 11 is 0. The van der Waals surface area contributed by atoms with Crippen molar-refractivity contribution in [1.82, 2.24) is 4.98 Å². The molecule has 126 valence electrons. The fourth-order valence-electron chi connectivity index (χ4n) is 3.37. The summed E-state index contributed by atoms with van der Waals surface area (Å²) in [6.45, 7) is 2.00. The number of hydrogen-bond acceptors (Lipinski definition) is 5. The number of ether oxygens (including phenoxy) is 3.